The molecule has 1 amide bonds. The number of ketones is 1. The van der Waals surface area contributed by atoms with Crippen LogP contribution in [0, 0.1) is 5.92 Å². The van der Waals surface area contributed by atoms with E-state index in [-0.39, 0.29) is 46.4 Å². The lowest BCUT2D eigenvalue weighted by atomic mass is 9.95. The Labute approximate surface area is 198 Å². The number of carbonyl (C=O) groups excluding carboxylic acids is 2. The molecule has 34 heavy (non-hydrogen) atoms. The fourth-order valence-electron chi connectivity index (χ4n) is 3.96. The molecule has 12 heteroatoms. The van der Waals surface area contributed by atoms with Crippen molar-refractivity contribution in [1.29, 1.82) is 0 Å². The Morgan fingerprint density at radius 3 is 2.62 bits per heavy atom. The van der Waals surface area contributed by atoms with E-state index in [0.29, 0.717) is 0 Å². The van der Waals surface area contributed by atoms with E-state index in [1.165, 1.54) is 13.3 Å². The molecule has 2 aliphatic rings. The van der Waals surface area contributed by atoms with Gasteiger partial charge in [0.25, 0.3) is 5.56 Å². The summed E-state index contributed by atoms with van der Waals surface area (Å²) in [5.74, 6) is -0.748. The molecule has 186 valence electrons. The van der Waals surface area contributed by atoms with E-state index in [9.17, 15) is 14.4 Å². The number of amides is 1. The summed E-state index contributed by atoms with van der Waals surface area (Å²) in [7, 11) is -2.28. The van der Waals surface area contributed by atoms with Gasteiger partial charge in [-0.15, -0.1) is 0 Å². The van der Waals surface area contributed by atoms with Crippen LogP contribution in [0.3, 0.4) is 0 Å². The Balaban J connectivity index is 1.75. The minimum Gasteiger partial charge on any atom is -0.408 e. The second-order valence-corrected chi connectivity index (χ2v) is 15.7. The van der Waals surface area contributed by atoms with Gasteiger partial charge in [0, 0.05) is 5.92 Å². The van der Waals surface area contributed by atoms with Crippen molar-refractivity contribution in [2.45, 2.75) is 83.7 Å². The van der Waals surface area contributed by atoms with E-state index in [0.717, 1.165) is 0 Å². The Kier molecular flexibility index (Phi) is 5.87. The monoisotopic (exact) mass is 491 g/mol. The summed E-state index contributed by atoms with van der Waals surface area (Å²) in [6, 6.07) is 0. The van der Waals surface area contributed by atoms with Crippen LogP contribution in [0.15, 0.2) is 11.1 Å². The van der Waals surface area contributed by atoms with Crippen LogP contribution in [-0.4, -0.2) is 63.9 Å². The number of Topliss-reactive ketones (excluding diaryl/α,β-unsaturated/α-hetero) is 1. The number of aromatic nitrogens is 4. The molecule has 2 N–H and O–H groups in total. The van der Waals surface area contributed by atoms with Gasteiger partial charge < -0.3 is 13.9 Å². The maximum atomic E-state index is 12.8. The van der Waals surface area contributed by atoms with Crippen molar-refractivity contribution in [3.05, 3.63) is 16.7 Å². The Morgan fingerprint density at radius 2 is 2.03 bits per heavy atom. The summed E-state index contributed by atoms with van der Waals surface area (Å²) in [5.41, 5.74) is -1.44. The third-order valence-corrected chi connectivity index (χ3v) is 11.6. The van der Waals surface area contributed by atoms with Gasteiger partial charge in [-0.2, -0.15) is 4.98 Å². The predicted molar refractivity (Wildman–Crippen MR) is 127 cm³/mol. The van der Waals surface area contributed by atoms with Crippen molar-refractivity contribution in [1.82, 2.24) is 19.5 Å². The van der Waals surface area contributed by atoms with Gasteiger partial charge in [-0.1, -0.05) is 34.6 Å². The van der Waals surface area contributed by atoms with Crippen molar-refractivity contribution < 1.29 is 23.5 Å². The number of carbonyl (C=O) groups is 2. The average molecular weight is 492 g/mol. The summed E-state index contributed by atoms with van der Waals surface area (Å²) in [6.45, 7) is 15.7. The molecule has 0 aliphatic carbocycles. The lowest BCUT2D eigenvalue weighted by Crippen LogP contribution is -2.54. The van der Waals surface area contributed by atoms with E-state index in [2.05, 4.69) is 54.1 Å². The maximum absolute atomic E-state index is 12.8. The highest BCUT2D eigenvalue weighted by molar-refractivity contribution is 6.74. The van der Waals surface area contributed by atoms with Crippen molar-refractivity contribution >= 4 is 37.1 Å². The van der Waals surface area contributed by atoms with Crippen molar-refractivity contribution in [2.24, 2.45) is 5.92 Å². The predicted octanol–water partition coefficient (Wildman–Crippen LogP) is 2.36. The van der Waals surface area contributed by atoms with Crippen LogP contribution < -0.4 is 10.9 Å². The third-order valence-electron chi connectivity index (χ3n) is 7.16. The number of anilines is 1. The molecular weight excluding hydrogens is 458 g/mol. The van der Waals surface area contributed by atoms with Crippen LogP contribution in [0.25, 0.3) is 11.2 Å². The zero-order chi connectivity index (χ0) is 25.2. The first-order valence-corrected chi connectivity index (χ1v) is 14.3. The second-order valence-electron chi connectivity index (χ2n) is 10.9. The molecular formula is C22H33N5O6Si. The number of hydrogen-bond acceptors (Lipinski definition) is 8. The first-order valence-electron chi connectivity index (χ1n) is 11.4. The maximum Gasteiger partial charge on any atom is 0.280 e. The van der Waals surface area contributed by atoms with Crippen LogP contribution in [-0.2, 0) is 23.5 Å². The number of fused-ring (bicyclic) bond motifs is 3. The smallest absolute Gasteiger partial charge is 0.280 e. The van der Waals surface area contributed by atoms with Crippen LogP contribution in [0.5, 0.6) is 0 Å². The Hall–Kier alpha value is -2.41. The van der Waals surface area contributed by atoms with Crippen LogP contribution in [0.2, 0.25) is 18.1 Å². The summed E-state index contributed by atoms with van der Waals surface area (Å²) in [6.07, 6.45) is -0.534. The molecule has 2 bridgehead atoms. The minimum absolute atomic E-state index is 0.0115. The second kappa shape index (κ2) is 8.07. The molecule has 4 heterocycles. The first kappa shape index (κ1) is 24.7. The molecule has 4 atom stereocenters. The quantitative estimate of drug-likeness (QED) is 0.588. The SMILES string of the molecule is CC(=O)[C@]12CO[C@@H](C1O[Si](C)(C)C(C)(C)C)[C@H](n1cnc3c(=O)[nH]c(NC(=O)C(C)C)nc31)O2. The molecule has 2 saturated heterocycles. The molecule has 2 fully saturated rings. The van der Waals surface area contributed by atoms with Gasteiger partial charge >= 0.3 is 0 Å². The van der Waals surface area contributed by atoms with Gasteiger partial charge in [0.15, 0.2) is 37.1 Å². The van der Waals surface area contributed by atoms with Crippen LogP contribution in [0.1, 0.15) is 47.8 Å². The fraction of sp³-hybridized carbons (Fsp3) is 0.682. The largest absolute Gasteiger partial charge is 0.408 e. The molecule has 2 aromatic rings. The number of aromatic amines is 1. The number of H-pyrrole nitrogens is 1. The summed E-state index contributed by atoms with van der Waals surface area (Å²) in [4.78, 5) is 48.7. The summed E-state index contributed by atoms with van der Waals surface area (Å²) >= 11 is 0. The summed E-state index contributed by atoms with van der Waals surface area (Å²) in [5, 5.41) is 2.53. The number of nitrogens with zero attached hydrogens (tertiary/aromatic N) is 3. The molecule has 0 saturated carbocycles. The molecule has 0 aromatic carbocycles. The van der Waals surface area contributed by atoms with Crippen molar-refractivity contribution in [3.63, 3.8) is 0 Å². The number of nitrogens with one attached hydrogen (secondary N) is 2. The third kappa shape index (κ3) is 3.82. The number of ether oxygens (including phenoxy) is 2. The van der Waals surface area contributed by atoms with Crippen LogP contribution in [0.4, 0.5) is 5.95 Å². The normalized spacial score (nSPS) is 27.0. The molecule has 1 unspecified atom stereocenters. The first-order chi connectivity index (χ1) is 15.7. The highest BCUT2D eigenvalue weighted by Gasteiger charge is 2.67. The van der Waals surface area contributed by atoms with Crippen molar-refractivity contribution in [2.75, 3.05) is 11.9 Å². The number of hydrogen-bond donors (Lipinski definition) is 2. The number of rotatable bonds is 6. The molecule has 11 nitrogen and oxygen atoms in total. The zero-order valence-electron chi connectivity index (χ0n) is 20.9. The van der Waals surface area contributed by atoms with Gasteiger partial charge in [-0.3, -0.25) is 29.3 Å². The minimum atomic E-state index is -2.28. The van der Waals surface area contributed by atoms with Gasteiger partial charge in [-0.05, 0) is 25.1 Å². The molecule has 0 radical (unpaired) electrons. The zero-order valence-corrected chi connectivity index (χ0v) is 21.9. The highest BCUT2D eigenvalue weighted by atomic mass is 28.4. The van der Waals surface area contributed by atoms with E-state index >= 15 is 0 Å². The van der Waals surface area contributed by atoms with Crippen molar-refractivity contribution in [3.8, 4) is 0 Å². The Morgan fingerprint density at radius 1 is 1.35 bits per heavy atom. The summed E-state index contributed by atoms with van der Waals surface area (Å²) < 4.78 is 20.6. The average Bonchev–Trinajstić information content (AvgIpc) is 3.37. The molecule has 0 spiro atoms. The van der Waals surface area contributed by atoms with Gasteiger partial charge in [0.2, 0.25) is 11.9 Å². The fourth-order valence-corrected chi connectivity index (χ4v) is 5.27. The van der Waals surface area contributed by atoms with E-state index < -0.39 is 37.9 Å². The van der Waals surface area contributed by atoms with Gasteiger partial charge in [0.05, 0.1) is 12.9 Å². The lowest BCUT2D eigenvalue weighted by molar-refractivity contribution is -0.181. The topological polar surface area (TPSA) is 137 Å². The van der Waals surface area contributed by atoms with Crippen LogP contribution >= 0.6 is 0 Å². The Bertz CT molecular complexity index is 1200. The molecule has 2 aliphatic heterocycles. The van der Waals surface area contributed by atoms with E-state index in [1.54, 1.807) is 18.4 Å². The lowest BCUT2D eigenvalue weighted by Gasteiger charge is -2.40. The molecule has 2 aromatic heterocycles. The van der Waals surface area contributed by atoms with Gasteiger partial charge in [-0.25, -0.2) is 4.98 Å². The number of imidazole rings is 1. The van der Waals surface area contributed by atoms with E-state index in [1.807, 2.05) is 0 Å². The molecule has 4 rings (SSSR count). The standard InChI is InChI=1S/C22H33N5O6Si/c1-11(2)17(29)25-20-24-16-13(18(30)26-20)23-10-27(16)19-14-15(33-34(7,8)21(4,5)6)22(32-19,9-31-14)12(3)28/h10-11,14-15,19H,9H2,1-8H3,(H2,24,25,26,29,30)/t14-,15?,19+,22+/m0/s1. The highest BCUT2D eigenvalue weighted by Crippen LogP contribution is 2.50. The van der Waals surface area contributed by atoms with Gasteiger partial charge in [0.1, 0.15) is 12.2 Å². The van der Waals surface area contributed by atoms with E-state index in [4.69, 9.17) is 13.9 Å².